The van der Waals surface area contributed by atoms with Gasteiger partial charge in [0, 0.05) is 11.2 Å². The van der Waals surface area contributed by atoms with Crippen LogP contribution in [0.4, 0.5) is 10.5 Å². The van der Waals surface area contributed by atoms with E-state index in [1.54, 1.807) is 37.4 Å². The van der Waals surface area contributed by atoms with E-state index in [0.717, 1.165) is 16.7 Å². The highest BCUT2D eigenvalue weighted by molar-refractivity contribution is 7.98. The Bertz CT molecular complexity index is 1140. The summed E-state index contributed by atoms with van der Waals surface area (Å²) in [5, 5.41) is 5.88. The van der Waals surface area contributed by atoms with Crippen LogP contribution in [0.1, 0.15) is 77.1 Å². The first-order valence-corrected chi connectivity index (χ1v) is 14.8. The number of nitrogens with zero attached hydrogens (tertiary/aromatic N) is 1. The summed E-state index contributed by atoms with van der Waals surface area (Å²) in [6.07, 6.45) is 2.29. The smallest absolute Gasteiger partial charge is 0.408 e. The van der Waals surface area contributed by atoms with Gasteiger partial charge in [-0.1, -0.05) is 49.4 Å². The fourth-order valence-corrected chi connectivity index (χ4v) is 4.73. The lowest BCUT2D eigenvalue weighted by atomic mass is 9.90. The topological polar surface area (TPSA) is 87.7 Å². The Hall–Kier alpha value is -3.00. The zero-order valence-electron chi connectivity index (χ0n) is 24.9. The molecule has 0 radical (unpaired) electrons. The lowest BCUT2D eigenvalue weighted by Gasteiger charge is -2.45. The summed E-state index contributed by atoms with van der Waals surface area (Å²) < 4.78 is 5.49. The fraction of sp³-hybridized carbons (Fsp3) is 0.516. The van der Waals surface area contributed by atoms with Crippen LogP contribution in [0.3, 0.4) is 0 Å². The van der Waals surface area contributed by atoms with Crippen molar-refractivity contribution >= 4 is 35.4 Å². The highest BCUT2D eigenvalue weighted by Crippen LogP contribution is 2.35. The predicted octanol–water partition coefficient (Wildman–Crippen LogP) is 6.65. The van der Waals surface area contributed by atoms with Crippen molar-refractivity contribution in [2.24, 2.45) is 0 Å². The van der Waals surface area contributed by atoms with Gasteiger partial charge in [0.15, 0.2) is 0 Å². The first-order valence-electron chi connectivity index (χ1n) is 13.5. The maximum Gasteiger partial charge on any atom is 0.408 e. The van der Waals surface area contributed by atoms with Crippen LogP contribution in [0, 0.1) is 13.8 Å². The summed E-state index contributed by atoms with van der Waals surface area (Å²) in [4.78, 5) is 43.1. The van der Waals surface area contributed by atoms with Crippen molar-refractivity contribution in [2.75, 3.05) is 17.3 Å². The summed E-state index contributed by atoms with van der Waals surface area (Å²) in [6, 6.07) is 13.4. The van der Waals surface area contributed by atoms with E-state index in [0.29, 0.717) is 24.3 Å². The number of carbonyl (C=O) groups is 3. The molecule has 0 aliphatic rings. The molecule has 7 nitrogen and oxygen atoms in total. The molecule has 3 amide bonds. The van der Waals surface area contributed by atoms with Gasteiger partial charge in [-0.05, 0) is 96.1 Å². The Labute approximate surface area is 238 Å². The van der Waals surface area contributed by atoms with Crippen LogP contribution in [0.2, 0.25) is 0 Å². The molecule has 2 aromatic carbocycles. The molecule has 39 heavy (non-hydrogen) atoms. The number of amides is 3. The molecule has 0 saturated carbocycles. The normalized spacial score (nSPS) is 13.3. The number of alkyl carbamates (subject to hydrolysis) is 1. The molecule has 2 N–H and O–H groups in total. The Morgan fingerprint density at radius 3 is 2.08 bits per heavy atom. The number of hydrogen-bond acceptors (Lipinski definition) is 5. The highest BCUT2D eigenvalue weighted by Gasteiger charge is 2.43. The average molecular weight is 556 g/mol. The van der Waals surface area contributed by atoms with Crippen LogP contribution in [0.5, 0.6) is 0 Å². The standard InChI is InChI=1S/C31H45N3O4S/c1-10-31(7,8)34(28(36)25(19-20-39-9)33-29(37)38-30(4,5)6)26(23-17-13-11-15-21(23)2)27(35)32-24-18-14-12-16-22(24)3/h11-18,25-26H,10,19-20H2,1-9H3,(H,32,35)(H,33,37). The van der Waals surface area contributed by atoms with Crippen molar-refractivity contribution in [2.45, 2.75) is 91.5 Å². The van der Waals surface area contributed by atoms with E-state index < -0.39 is 29.3 Å². The molecular weight excluding hydrogens is 510 g/mol. The van der Waals surface area contributed by atoms with Gasteiger partial charge in [-0.2, -0.15) is 11.8 Å². The molecule has 0 aliphatic carbocycles. The minimum atomic E-state index is -0.925. The van der Waals surface area contributed by atoms with Crippen molar-refractivity contribution < 1.29 is 19.1 Å². The Morgan fingerprint density at radius 1 is 0.949 bits per heavy atom. The lowest BCUT2D eigenvalue weighted by Crippen LogP contribution is -2.59. The first-order chi connectivity index (χ1) is 18.2. The maximum atomic E-state index is 14.5. The zero-order valence-corrected chi connectivity index (χ0v) is 25.7. The third kappa shape index (κ3) is 9.02. The van der Waals surface area contributed by atoms with E-state index in [2.05, 4.69) is 10.6 Å². The minimum absolute atomic E-state index is 0.311. The number of rotatable bonds is 11. The SMILES string of the molecule is CCC(C)(C)N(C(=O)C(CCSC)NC(=O)OC(C)(C)C)C(C(=O)Nc1ccccc1C)c1ccccc1C. The van der Waals surface area contributed by atoms with Gasteiger partial charge >= 0.3 is 6.09 Å². The number of ether oxygens (including phenoxy) is 1. The van der Waals surface area contributed by atoms with E-state index in [1.807, 2.05) is 89.4 Å². The molecule has 8 heteroatoms. The monoisotopic (exact) mass is 555 g/mol. The van der Waals surface area contributed by atoms with Crippen LogP contribution < -0.4 is 10.6 Å². The Morgan fingerprint density at radius 2 is 1.54 bits per heavy atom. The lowest BCUT2D eigenvalue weighted by molar-refractivity contribution is -0.147. The van der Waals surface area contributed by atoms with Gasteiger partial charge in [0.05, 0.1) is 0 Å². The number of aryl methyl sites for hydroxylation is 2. The predicted molar refractivity (Wildman–Crippen MR) is 161 cm³/mol. The van der Waals surface area contributed by atoms with Crippen LogP contribution in [-0.2, 0) is 14.3 Å². The maximum absolute atomic E-state index is 14.5. The Balaban J connectivity index is 2.64. The number of nitrogens with one attached hydrogen (secondary N) is 2. The molecule has 2 aromatic rings. The molecule has 0 bridgehead atoms. The van der Waals surface area contributed by atoms with E-state index >= 15 is 0 Å². The van der Waals surface area contributed by atoms with Crippen molar-refractivity contribution in [1.82, 2.24) is 10.2 Å². The number of carbonyl (C=O) groups excluding carboxylic acids is 3. The number of hydrogen-bond donors (Lipinski definition) is 2. The van der Waals surface area contributed by atoms with Gasteiger partial charge in [-0.25, -0.2) is 4.79 Å². The third-order valence-corrected chi connectivity index (χ3v) is 7.39. The zero-order chi connectivity index (χ0) is 29.4. The van der Waals surface area contributed by atoms with E-state index in [1.165, 1.54) is 0 Å². The van der Waals surface area contributed by atoms with Crippen molar-refractivity contribution in [3.05, 3.63) is 65.2 Å². The summed E-state index contributed by atoms with van der Waals surface area (Å²) in [5.41, 5.74) is 1.82. The van der Waals surface area contributed by atoms with Gasteiger partial charge in [-0.15, -0.1) is 0 Å². The number of para-hydroxylation sites is 1. The minimum Gasteiger partial charge on any atom is -0.444 e. The van der Waals surface area contributed by atoms with Crippen molar-refractivity contribution in [1.29, 1.82) is 0 Å². The van der Waals surface area contributed by atoms with Crippen LogP contribution in [-0.4, -0.2) is 52.0 Å². The van der Waals surface area contributed by atoms with Crippen LogP contribution in [0.15, 0.2) is 48.5 Å². The second kappa shape index (κ2) is 13.9. The van der Waals surface area contributed by atoms with Gasteiger partial charge in [0.2, 0.25) is 5.91 Å². The van der Waals surface area contributed by atoms with Gasteiger partial charge in [-0.3, -0.25) is 9.59 Å². The van der Waals surface area contributed by atoms with E-state index in [4.69, 9.17) is 4.74 Å². The molecule has 2 rings (SSSR count). The Kier molecular flexibility index (Phi) is 11.5. The van der Waals surface area contributed by atoms with Crippen molar-refractivity contribution in [3.63, 3.8) is 0 Å². The molecule has 0 spiro atoms. The molecule has 0 aromatic heterocycles. The largest absolute Gasteiger partial charge is 0.444 e. The van der Waals surface area contributed by atoms with Crippen LogP contribution >= 0.6 is 11.8 Å². The van der Waals surface area contributed by atoms with Gasteiger partial charge < -0.3 is 20.3 Å². The average Bonchev–Trinajstić information content (AvgIpc) is 2.85. The first kappa shape index (κ1) is 32.2. The second-order valence-corrected chi connectivity index (χ2v) is 12.4. The highest BCUT2D eigenvalue weighted by atomic mass is 32.2. The number of thioether (sulfide) groups is 1. The molecule has 2 unspecified atom stereocenters. The summed E-state index contributed by atoms with van der Waals surface area (Å²) in [6.45, 7) is 15.1. The molecule has 2 atom stereocenters. The van der Waals surface area contributed by atoms with E-state index in [-0.39, 0.29) is 11.8 Å². The molecule has 0 heterocycles. The van der Waals surface area contributed by atoms with Crippen molar-refractivity contribution in [3.8, 4) is 0 Å². The van der Waals surface area contributed by atoms with Gasteiger partial charge in [0.25, 0.3) is 5.91 Å². The molecule has 214 valence electrons. The quantitative estimate of drug-likeness (QED) is 0.324. The van der Waals surface area contributed by atoms with E-state index in [9.17, 15) is 14.4 Å². The molecule has 0 saturated heterocycles. The number of benzene rings is 2. The summed E-state index contributed by atoms with van der Waals surface area (Å²) >= 11 is 1.59. The second-order valence-electron chi connectivity index (χ2n) is 11.4. The molecule has 0 aliphatic heterocycles. The summed E-state index contributed by atoms with van der Waals surface area (Å²) in [7, 11) is 0. The molecular formula is C31H45N3O4S. The number of anilines is 1. The fourth-order valence-electron chi connectivity index (χ4n) is 4.26. The van der Waals surface area contributed by atoms with Crippen LogP contribution in [0.25, 0.3) is 0 Å². The third-order valence-electron chi connectivity index (χ3n) is 6.75. The summed E-state index contributed by atoms with van der Waals surface area (Å²) in [5.74, 6) is 0.0149. The van der Waals surface area contributed by atoms with Gasteiger partial charge in [0.1, 0.15) is 17.7 Å². The molecule has 0 fully saturated rings.